The molecule has 0 aromatic heterocycles. The molecule has 1 heterocycles. The lowest BCUT2D eigenvalue weighted by atomic mass is 10.0. The van der Waals surface area contributed by atoms with E-state index >= 15 is 0 Å². The zero-order valence-electron chi connectivity index (χ0n) is 19.4. The van der Waals surface area contributed by atoms with E-state index in [1.165, 1.54) is 16.4 Å². The first-order valence-electron chi connectivity index (χ1n) is 11.5. The van der Waals surface area contributed by atoms with Gasteiger partial charge in [0.2, 0.25) is 10.0 Å². The average molecular weight is 487 g/mol. The van der Waals surface area contributed by atoms with E-state index in [0.29, 0.717) is 30.9 Å². The number of carbonyl (C=O) groups excluding carboxylic acids is 1. The number of amides is 1. The van der Waals surface area contributed by atoms with Crippen molar-refractivity contribution in [3.63, 3.8) is 0 Å². The fourth-order valence-electron chi connectivity index (χ4n) is 4.26. The minimum absolute atomic E-state index is 0.0588. The summed E-state index contributed by atoms with van der Waals surface area (Å²) in [6.45, 7) is 3.22. The van der Waals surface area contributed by atoms with E-state index in [1.807, 2.05) is 19.1 Å². The highest BCUT2D eigenvalue weighted by molar-refractivity contribution is 7.89. The average Bonchev–Trinajstić information content (AvgIpc) is 3.63. The van der Waals surface area contributed by atoms with Crippen LogP contribution in [0.2, 0.25) is 0 Å². The Kier molecular flexibility index (Phi) is 6.90. The van der Waals surface area contributed by atoms with Crippen LogP contribution in [0.15, 0.2) is 47.4 Å². The van der Waals surface area contributed by atoms with Gasteiger partial charge in [-0.1, -0.05) is 19.1 Å². The minimum Gasteiger partial charge on any atom is -0.365 e. The number of hydrogen-bond donors (Lipinski definition) is 1. The van der Waals surface area contributed by atoms with E-state index in [4.69, 9.17) is 0 Å². The summed E-state index contributed by atoms with van der Waals surface area (Å²) in [6, 6.07) is 11.5. The highest BCUT2D eigenvalue weighted by atomic mass is 32.2. The van der Waals surface area contributed by atoms with E-state index < -0.39 is 14.9 Å². The molecule has 1 amide bonds. The summed E-state index contributed by atoms with van der Waals surface area (Å²) >= 11 is 0. The maximum Gasteiger partial charge on any atom is 0.293 e. The molecule has 1 aliphatic heterocycles. The molecule has 1 unspecified atom stereocenters. The second-order valence-corrected chi connectivity index (χ2v) is 11.3. The number of anilines is 1. The number of nitrogens with one attached hydrogen (secondary N) is 1. The van der Waals surface area contributed by atoms with Crippen LogP contribution in [-0.2, 0) is 16.6 Å². The molecule has 182 valence electrons. The van der Waals surface area contributed by atoms with Gasteiger partial charge in [-0.3, -0.25) is 14.9 Å². The van der Waals surface area contributed by atoms with Gasteiger partial charge in [-0.15, -0.1) is 0 Å². The SMILES string of the molecule is CC1CCCN(S(=O)(=O)c2ccc(N(C)Cc3ccc(C(=O)NC4CC4)cc3)c([N+](=O)[O-])c2)C1. The first kappa shape index (κ1) is 24.2. The van der Waals surface area contributed by atoms with Crippen LogP contribution >= 0.6 is 0 Å². The lowest BCUT2D eigenvalue weighted by Gasteiger charge is -2.30. The van der Waals surface area contributed by atoms with Crippen molar-refractivity contribution >= 4 is 27.3 Å². The molecule has 10 heteroatoms. The molecule has 2 aromatic rings. The van der Waals surface area contributed by atoms with Crippen LogP contribution in [0.5, 0.6) is 0 Å². The van der Waals surface area contributed by atoms with Gasteiger partial charge in [-0.2, -0.15) is 4.31 Å². The van der Waals surface area contributed by atoms with Crippen molar-refractivity contribution < 1.29 is 18.1 Å². The van der Waals surface area contributed by atoms with E-state index in [1.54, 1.807) is 24.1 Å². The number of sulfonamides is 1. The lowest BCUT2D eigenvalue weighted by molar-refractivity contribution is -0.384. The molecule has 2 fully saturated rings. The number of piperidine rings is 1. The van der Waals surface area contributed by atoms with Gasteiger partial charge in [0, 0.05) is 44.4 Å². The molecule has 2 aromatic carbocycles. The van der Waals surface area contributed by atoms with Gasteiger partial charge < -0.3 is 10.2 Å². The highest BCUT2D eigenvalue weighted by Crippen LogP contribution is 2.33. The molecule has 1 saturated carbocycles. The minimum atomic E-state index is -3.80. The van der Waals surface area contributed by atoms with Crippen molar-refractivity contribution in [1.82, 2.24) is 9.62 Å². The molecular formula is C24H30N4O5S. The number of benzene rings is 2. The summed E-state index contributed by atoms with van der Waals surface area (Å²) in [5.41, 5.74) is 1.52. The third-order valence-electron chi connectivity index (χ3n) is 6.36. The maximum absolute atomic E-state index is 13.1. The fourth-order valence-corrected chi connectivity index (χ4v) is 5.88. The van der Waals surface area contributed by atoms with E-state index in [0.717, 1.165) is 37.3 Å². The zero-order chi connectivity index (χ0) is 24.5. The van der Waals surface area contributed by atoms with Crippen LogP contribution < -0.4 is 10.2 Å². The van der Waals surface area contributed by atoms with Gasteiger partial charge >= 0.3 is 0 Å². The molecule has 1 N–H and O–H groups in total. The van der Waals surface area contributed by atoms with Gasteiger partial charge in [-0.05, 0) is 61.4 Å². The molecule has 1 aliphatic carbocycles. The van der Waals surface area contributed by atoms with Gasteiger partial charge in [0.05, 0.1) is 9.82 Å². The van der Waals surface area contributed by atoms with E-state index in [2.05, 4.69) is 5.32 Å². The summed E-state index contributed by atoms with van der Waals surface area (Å²) in [5, 5.41) is 14.8. The molecule has 1 saturated heterocycles. The Hall–Kier alpha value is -2.98. The Bertz CT molecular complexity index is 1180. The molecule has 0 spiro atoms. The number of carbonyl (C=O) groups is 1. The quantitative estimate of drug-likeness (QED) is 0.451. The van der Waals surface area contributed by atoms with Crippen LogP contribution in [0, 0.1) is 16.0 Å². The molecule has 0 bridgehead atoms. The summed E-state index contributed by atoms with van der Waals surface area (Å²) in [7, 11) is -2.08. The van der Waals surface area contributed by atoms with Crippen LogP contribution in [-0.4, -0.2) is 49.7 Å². The van der Waals surface area contributed by atoms with E-state index in [9.17, 15) is 23.3 Å². The van der Waals surface area contributed by atoms with Crippen molar-refractivity contribution in [2.24, 2.45) is 5.92 Å². The number of nitro groups is 1. The largest absolute Gasteiger partial charge is 0.365 e. The Balaban J connectivity index is 1.51. The standard InChI is InChI=1S/C24H30N4O5S/c1-17-4-3-13-27(15-17)34(32,33)21-11-12-22(23(14-21)28(30)31)26(2)16-18-5-7-19(8-6-18)24(29)25-20-9-10-20/h5-8,11-12,14,17,20H,3-4,9-10,13,15-16H2,1-2H3,(H,25,29). The molecule has 2 aliphatic rings. The summed E-state index contributed by atoms with van der Waals surface area (Å²) in [5.74, 6) is 0.160. The number of nitro benzene ring substituents is 1. The van der Waals surface area contributed by atoms with Gasteiger partial charge in [-0.25, -0.2) is 8.42 Å². The van der Waals surface area contributed by atoms with Crippen molar-refractivity contribution in [3.8, 4) is 0 Å². The van der Waals surface area contributed by atoms with Crippen LogP contribution in [0.4, 0.5) is 11.4 Å². The number of rotatable bonds is 8. The Labute approximate surface area is 200 Å². The maximum atomic E-state index is 13.1. The predicted octanol–water partition coefficient (Wildman–Crippen LogP) is 3.54. The number of hydrogen-bond acceptors (Lipinski definition) is 6. The van der Waals surface area contributed by atoms with Crippen LogP contribution in [0.25, 0.3) is 0 Å². The monoisotopic (exact) mass is 486 g/mol. The van der Waals surface area contributed by atoms with Crippen molar-refractivity contribution in [3.05, 3.63) is 63.7 Å². The first-order valence-corrected chi connectivity index (χ1v) is 13.0. The molecule has 34 heavy (non-hydrogen) atoms. The topological polar surface area (TPSA) is 113 Å². The van der Waals surface area contributed by atoms with E-state index in [-0.39, 0.29) is 28.4 Å². The summed E-state index contributed by atoms with van der Waals surface area (Å²) in [4.78, 5) is 25.1. The van der Waals surface area contributed by atoms with Crippen molar-refractivity contribution in [2.75, 3.05) is 25.0 Å². The molecular weight excluding hydrogens is 456 g/mol. The van der Waals surface area contributed by atoms with Gasteiger partial charge in [0.15, 0.2) is 0 Å². The smallest absolute Gasteiger partial charge is 0.293 e. The highest BCUT2D eigenvalue weighted by Gasteiger charge is 2.31. The van der Waals surface area contributed by atoms with Crippen LogP contribution in [0.3, 0.4) is 0 Å². The third-order valence-corrected chi connectivity index (χ3v) is 8.22. The van der Waals surface area contributed by atoms with Gasteiger partial charge in [0.25, 0.3) is 11.6 Å². The Morgan fingerprint density at radius 3 is 2.50 bits per heavy atom. The second-order valence-electron chi connectivity index (χ2n) is 9.32. The number of nitrogens with zero attached hydrogens (tertiary/aromatic N) is 3. The molecule has 4 rings (SSSR count). The summed E-state index contributed by atoms with van der Waals surface area (Å²) in [6.07, 6.45) is 3.79. The third kappa shape index (κ3) is 5.39. The molecule has 9 nitrogen and oxygen atoms in total. The van der Waals surface area contributed by atoms with Crippen molar-refractivity contribution in [1.29, 1.82) is 0 Å². The Morgan fingerprint density at radius 2 is 1.88 bits per heavy atom. The zero-order valence-corrected chi connectivity index (χ0v) is 20.3. The van der Waals surface area contributed by atoms with Gasteiger partial charge in [0.1, 0.15) is 5.69 Å². The predicted molar refractivity (Wildman–Crippen MR) is 129 cm³/mol. The van der Waals surface area contributed by atoms with Crippen molar-refractivity contribution in [2.45, 2.75) is 50.1 Å². The normalized spacial score (nSPS) is 18.9. The summed E-state index contributed by atoms with van der Waals surface area (Å²) < 4.78 is 27.6. The fraction of sp³-hybridized carbons (Fsp3) is 0.458. The first-order chi connectivity index (χ1) is 16.1. The Morgan fingerprint density at radius 1 is 1.18 bits per heavy atom. The molecule has 0 radical (unpaired) electrons. The second kappa shape index (κ2) is 9.71. The molecule has 1 atom stereocenters. The lowest BCUT2D eigenvalue weighted by Crippen LogP contribution is -2.39. The van der Waals surface area contributed by atoms with Crippen LogP contribution in [0.1, 0.15) is 48.5 Å².